The predicted octanol–water partition coefficient (Wildman–Crippen LogP) is 2.64. The molecule has 2 N–H and O–H groups in total. The lowest BCUT2D eigenvalue weighted by atomic mass is 9.72. The Labute approximate surface area is 118 Å². The summed E-state index contributed by atoms with van der Waals surface area (Å²) in [4.78, 5) is 2.42. The molecule has 2 rings (SSSR count). The highest BCUT2D eigenvalue weighted by Gasteiger charge is 2.30. The quantitative estimate of drug-likeness (QED) is 0.653. The van der Waals surface area contributed by atoms with E-state index in [-0.39, 0.29) is 0 Å². The van der Waals surface area contributed by atoms with E-state index in [2.05, 4.69) is 11.9 Å². The van der Waals surface area contributed by atoms with Crippen LogP contribution in [0, 0.1) is 11.3 Å². The van der Waals surface area contributed by atoms with Gasteiger partial charge in [0, 0.05) is 13.2 Å². The van der Waals surface area contributed by atoms with Crippen LogP contribution in [0.3, 0.4) is 0 Å². The highest BCUT2D eigenvalue weighted by molar-refractivity contribution is 4.84. The lowest BCUT2D eigenvalue weighted by Gasteiger charge is -2.37. The first-order valence-corrected chi connectivity index (χ1v) is 8.20. The normalized spacial score (nSPS) is 22.9. The molecule has 3 heteroatoms. The zero-order valence-corrected chi connectivity index (χ0v) is 12.7. The third-order valence-electron chi connectivity index (χ3n) is 5.04. The molecule has 0 radical (unpaired) electrons. The molecular weight excluding hydrogens is 236 g/mol. The molecule has 0 aromatic rings. The van der Waals surface area contributed by atoms with Gasteiger partial charge in [0.1, 0.15) is 0 Å². The van der Waals surface area contributed by atoms with Crippen molar-refractivity contribution in [2.24, 2.45) is 17.1 Å². The van der Waals surface area contributed by atoms with Gasteiger partial charge in [0.2, 0.25) is 0 Å². The van der Waals surface area contributed by atoms with Crippen LogP contribution >= 0.6 is 0 Å². The summed E-state index contributed by atoms with van der Waals surface area (Å²) >= 11 is 0. The molecule has 2 aliphatic rings. The van der Waals surface area contributed by atoms with E-state index in [1.165, 1.54) is 57.9 Å². The van der Waals surface area contributed by atoms with Gasteiger partial charge in [0.25, 0.3) is 0 Å². The molecule has 0 aromatic carbocycles. The monoisotopic (exact) mass is 268 g/mol. The minimum absolute atomic E-state index is 0.446. The van der Waals surface area contributed by atoms with E-state index < -0.39 is 0 Å². The summed E-state index contributed by atoms with van der Waals surface area (Å²) in [5, 5.41) is 0. The summed E-state index contributed by atoms with van der Waals surface area (Å²) in [6, 6.07) is 0. The Bertz CT molecular complexity index is 247. The molecule has 0 spiro atoms. The van der Waals surface area contributed by atoms with E-state index in [9.17, 15) is 0 Å². The Kier molecular flexibility index (Phi) is 6.11. The summed E-state index contributed by atoms with van der Waals surface area (Å²) < 4.78 is 5.71. The molecule has 0 atom stereocenters. The Morgan fingerprint density at radius 2 is 1.89 bits per heavy atom. The highest BCUT2D eigenvalue weighted by Crippen LogP contribution is 2.38. The van der Waals surface area contributed by atoms with Gasteiger partial charge in [-0.15, -0.1) is 0 Å². The van der Waals surface area contributed by atoms with Crippen LogP contribution in [0.1, 0.15) is 51.4 Å². The largest absolute Gasteiger partial charge is 0.380 e. The standard InChI is InChI=1S/C16H32N2O/c1-18(11-12-19-13-15-5-6-15)10-9-16(14-17)7-3-2-4-8-16/h15H,2-14,17H2,1H3. The molecule has 19 heavy (non-hydrogen) atoms. The first kappa shape index (κ1) is 15.3. The smallest absolute Gasteiger partial charge is 0.0593 e. The second-order valence-corrected chi connectivity index (χ2v) is 6.84. The molecule has 0 bridgehead atoms. The van der Waals surface area contributed by atoms with Crippen LogP contribution in [-0.2, 0) is 4.74 Å². The average Bonchev–Trinajstić information content (AvgIpc) is 3.27. The maximum Gasteiger partial charge on any atom is 0.0593 e. The fraction of sp³-hybridized carbons (Fsp3) is 1.00. The Hall–Kier alpha value is -0.120. The van der Waals surface area contributed by atoms with Crippen LogP contribution < -0.4 is 5.73 Å². The van der Waals surface area contributed by atoms with Crippen molar-refractivity contribution in [2.75, 3.05) is 39.9 Å². The van der Waals surface area contributed by atoms with Gasteiger partial charge in [-0.25, -0.2) is 0 Å². The molecule has 0 amide bonds. The Morgan fingerprint density at radius 3 is 2.53 bits per heavy atom. The number of likely N-dealkylation sites (N-methyl/N-ethyl adjacent to an activating group) is 1. The zero-order chi connectivity index (χ0) is 13.6. The van der Waals surface area contributed by atoms with Gasteiger partial charge in [-0.2, -0.15) is 0 Å². The number of rotatable bonds is 9. The predicted molar refractivity (Wildman–Crippen MR) is 80.2 cm³/mol. The molecule has 0 aliphatic heterocycles. The van der Waals surface area contributed by atoms with Crippen molar-refractivity contribution in [3.8, 4) is 0 Å². The van der Waals surface area contributed by atoms with Gasteiger partial charge in [-0.05, 0) is 63.6 Å². The fourth-order valence-electron chi connectivity index (χ4n) is 3.15. The molecule has 2 saturated carbocycles. The first-order valence-electron chi connectivity index (χ1n) is 8.20. The molecule has 0 aromatic heterocycles. The highest BCUT2D eigenvalue weighted by atomic mass is 16.5. The van der Waals surface area contributed by atoms with Crippen LogP contribution in [0.4, 0.5) is 0 Å². The number of hydrogen-bond acceptors (Lipinski definition) is 3. The summed E-state index contributed by atoms with van der Waals surface area (Å²) in [6.07, 6.45) is 10.9. The van der Waals surface area contributed by atoms with Gasteiger partial charge in [-0.3, -0.25) is 0 Å². The molecule has 0 unspecified atom stereocenters. The van der Waals surface area contributed by atoms with E-state index in [0.717, 1.165) is 32.2 Å². The van der Waals surface area contributed by atoms with E-state index in [0.29, 0.717) is 5.41 Å². The van der Waals surface area contributed by atoms with Crippen LogP contribution in [0.5, 0.6) is 0 Å². The van der Waals surface area contributed by atoms with Crippen molar-refractivity contribution in [3.05, 3.63) is 0 Å². The zero-order valence-electron chi connectivity index (χ0n) is 12.7. The Morgan fingerprint density at radius 1 is 1.16 bits per heavy atom. The summed E-state index contributed by atoms with van der Waals surface area (Å²) in [5.41, 5.74) is 6.49. The average molecular weight is 268 g/mol. The second-order valence-electron chi connectivity index (χ2n) is 6.84. The van der Waals surface area contributed by atoms with Gasteiger partial charge >= 0.3 is 0 Å². The van der Waals surface area contributed by atoms with Crippen molar-refractivity contribution in [1.82, 2.24) is 4.90 Å². The molecular formula is C16H32N2O. The molecule has 112 valence electrons. The lowest BCUT2D eigenvalue weighted by Crippen LogP contribution is -2.37. The van der Waals surface area contributed by atoms with Gasteiger partial charge in [0.15, 0.2) is 0 Å². The van der Waals surface area contributed by atoms with E-state index in [1.54, 1.807) is 0 Å². The third-order valence-corrected chi connectivity index (χ3v) is 5.04. The fourth-order valence-corrected chi connectivity index (χ4v) is 3.15. The number of hydrogen-bond donors (Lipinski definition) is 1. The van der Waals surface area contributed by atoms with Crippen molar-refractivity contribution < 1.29 is 4.74 Å². The van der Waals surface area contributed by atoms with Crippen molar-refractivity contribution in [1.29, 1.82) is 0 Å². The minimum atomic E-state index is 0.446. The van der Waals surface area contributed by atoms with E-state index >= 15 is 0 Å². The minimum Gasteiger partial charge on any atom is -0.380 e. The topological polar surface area (TPSA) is 38.5 Å². The van der Waals surface area contributed by atoms with Gasteiger partial charge in [0.05, 0.1) is 6.61 Å². The first-order chi connectivity index (χ1) is 9.24. The molecule has 3 nitrogen and oxygen atoms in total. The molecule has 2 aliphatic carbocycles. The van der Waals surface area contributed by atoms with Gasteiger partial charge in [-0.1, -0.05) is 19.3 Å². The molecule has 0 heterocycles. The third kappa shape index (κ3) is 5.41. The van der Waals surface area contributed by atoms with E-state index in [1.807, 2.05) is 0 Å². The number of ether oxygens (including phenoxy) is 1. The van der Waals surface area contributed by atoms with Crippen LogP contribution in [0.15, 0.2) is 0 Å². The number of nitrogens with zero attached hydrogens (tertiary/aromatic N) is 1. The molecule has 2 fully saturated rings. The maximum atomic E-state index is 6.04. The van der Waals surface area contributed by atoms with E-state index in [4.69, 9.17) is 10.5 Å². The maximum absolute atomic E-state index is 6.04. The van der Waals surface area contributed by atoms with Crippen LogP contribution in [-0.4, -0.2) is 44.8 Å². The van der Waals surface area contributed by atoms with Crippen LogP contribution in [0.25, 0.3) is 0 Å². The molecule has 0 saturated heterocycles. The summed E-state index contributed by atoms with van der Waals surface area (Å²) in [7, 11) is 2.22. The summed E-state index contributed by atoms with van der Waals surface area (Å²) in [6.45, 7) is 4.99. The number of nitrogens with two attached hydrogens (primary N) is 1. The van der Waals surface area contributed by atoms with Crippen molar-refractivity contribution in [3.63, 3.8) is 0 Å². The summed E-state index contributed by atoms with van der Waals surface area (Å²) in [5.74, 6) is 0.882. The lowest BCUT2D eigenvalue weighted by molar-refractivity contribution is 0.0940. The van der Waals surface area contributed by atoms with Crippen molar-refractivity contribution >= 4 is 0 Å². The second kappa shape index (κ2) is 7.61. The van der Waals surface area contributed by atoms with Crippen LogP contribution in [0.2, 0.25) is 0 Å². The Balaban J connectivity index is 1.56. The SMILES string of the molecule is CN(CCOCC1CC1)CCC1(CN)CCCCC1. The van der Waals surface area contributed by atoms with Gasteiger partial charge < -0.3 is 15.4 Å². The van der Waals surface area contributed by atoms with Crippen molar-refractivity contribution in [2.45, 2.75) is 51.4 Å².